The van der Waals surface area contributed by atoms with Crippen LogP contribution in [0.4, 0.5) is 11.6 Å². The number of benzene rings is 1. The zero-order chi connectivity index (χ0) is 14.7. The topological polar surface area (TPSA) is 106 Å². The Kier molecular flexibility index (Phi) is 3.57. The van der Waals surface area contributed by atoms with Crippen LogP contribution in [0.1, 0.15) is 15.9 Å². The fourth-order valence-corrected chi connectivity index (χ4v) is 1.78. The lowest BCUT2D eigenvalue weighted by atomic mass is 10.2. The summed E-state index contributed by atoms with van der Waals surface area (Å²) >= 11 is 0. The predicted molar refractivity (Wildman–Crippen MR) is 73.6 cm³/mol. The third-order valence-electron chi connectivity index (χ3n) is 2.79. The van der Waals surface area contributed by atoms with E-state index < -0.39 is 5.97 Å². The monoisotopic (exact) mass is 271 g/mol. The van der Waals surface area contributed by atoms with Crippen molar-refractivity contribution < 1.29 is 9.53 Å². The van der Waals surface area contributed by atoms with E-state index in [0.717, 1.165) is 0 Å². The maximum Gasteiger partial charge on any atom is 0.345 e. The van der Waals surface area contributed by atoms with Gasteiger partial charge in [0, 0.05) is 7.05 Å². The number of nitrogens with two attached hydrogens (primary N) is 1. The molecule has 1 aromatic heterocycles. The molecule has 20 heavy (non-hydrogen) atoms. The number of aromatic nitrogens is 2. The quantitative estimate of drug-likeness (QED) is 0.811. The van der Waals surface area contributed by atoms with Crippen molar-refractivity contribution in [3.63, 3.8) is 0 Å². The Hall–Kier alpha value is -3.01. The van der Waals surface area contributed by atoms with Gasteiger partial charge in [-0.3, -0.25) is 0 Å². The molecule has 0 bridgehead atoms. The minimum Gasteiger partial charge on any atom is -0.465 e. The summed E-state index contributed by atoms with van der Waals surface area (Å²) in [5.74, 6) is -0.0589. The second-order valence-corrected chi connectivity index (χ2v) is 3.92. The lowest BCUT2D eigenvalue weighted by Gasteiger charge is -2.04. The number of hydrogen-bond donors (Lipinski definition) is 2. The van der Waals surface area contributed by atoms with Crippen molar-refractivity contribution in [3.8, 4) is 11.8 Å². The predicted octanol–water partition coefficient (Wildman–Crippen LogP) is 1.15. The summed E-state index contributed by atoms with van der Waals surface area (Å²) in [5, 5.41) is 15.8. The summed E-state index contributed by atoms with van der Waals surface area (Å²) in [4.78, 5) is 11.7. The molecule has 3 N–H and O–H groups in total. The van der Waals surface area contributed by atoms with E-state index in [0.29, 0.717) is 17.1 Å². The van der Waals surface area contributed by atoms with Crippen molar-refractivity contribution in [2.45, 2.75) is 0 Å². The highest BCUT2D eigenvalue weighted by molar-refractivity contribution is 5.99. The lowest BCUT2D eigenvalue weighted by molar-refractivity contribution is 0.0603. The van der Waals surface area contributed by atoms with Crippen LogP contribution in [0, 0.1) is 11.3 Å². The molecule has 0 fully saturated rings. The molecule has 0 unspecified atom stereocenters. The van der Waals surface area contributed by atoms with E-state index in [4.69, 9.17) is 11.0 Å². The van der Waals surface area contributed by atoms with Crippen LogP contribution in [0.2, 0.25) is 0 Å². The summed E-state index contributed by atoms with van der Waals surface area (Å²) in [7, 11) is 2.91. The van der Waals surface area contributed by atoms with Crippen LogP contribution < -0.4 is 11.1 Å². The van der Waals surface area contributed by atoms with Crippen molar-refractivity contribution >= 4 is 17.6 Å². The lowest BCUT2D eigenvalue weighted by Crippen LogP contribution is -2.08. The number of esters is 1. The fourth-order valence-electron chi connectivity index (χ4n) is 1.78. The number of hydrogen-bond acceptors (Lipinski definition) is 6. The summed E-state index contributed by atoms with van der Waals surface area (Å²) in [6, 6.07) is 8.71. The first-order valence-electron chi connectivity index (χ1n) is 5.77. The van der Waals surface area contributed by atoms with Gasteiger partial charge in [-0.2, -0.15) is 5.26 Å². The molecule has 102 valence electrons. The van der Waals surface area contributed by atoms with Gasteiger partial charge < -0.3 is 15.8 Å². The minimum absolute atomic E-state index is 0.172. The van der Waals surface area contributed by atoms with Crippen LogP contribution in [0.25, 0.3) is 5.69 Å². The van der Waals surface area contributed by atoms with Gasteiger partial charge in [-0.05, 0) is 24.3 Å². The second kappa shape index (κ2) is 5.32. The number of nitrogen functional groups attached to an aromatic ring is 1. The maximum absolute atomic E-state index is 11.7. The van der Waals surface area contributed by atoms with Gasteiger partial charge in [-0.1, -0.05) is 0 Å². The average molecular weight is 271 g/mol. The highest BCUT2D eigenvalue weighted by Gasteiger charge is 2.22. The van der Waals surface area contributed by atoms with Crippen LogP contribution in [-0.4, -0.2) is 29.9 Å². The molecule has 0 spiro atoms. The molecule has 1 aromatic carbocycles. The maximum atomic E-state index is 11.7. The Balaban J connectivity index is 2.55. The number of carbonyl (C=O) groups is 1. The van der Waals surface area contributed by atoms with E-state index in [1.54, 1.807) is 31.3 Å². The SMILES string of the molecule is CNc1nn(-c2ccc(C#N)cc2)c(N)c1C(=O)OC. The van der Waals surface area contributed by atoms with Crippen molar-refractivity contribution in [2.24, 2.45) is 0 Å². The Bertz CT molecular complexity index is 682. The molecule has 0 aliphatic carbocycles. The molecule has 2 rings (SSSR count). The second-order valence-electron chi connectivity index (χ2n) is 3.92. The molecule has 7 nitrogen and oxygen atoms in total. The minimum atomic E-state index is -0.563. The molecule has 0 atom stereocenters. The smallest absolute Gasteiger partial charge is 0.345 e. The van der Waals surface area contributed by atoms with E-state index in [1.165, 1.54) is 11.8 Å². The number of nitriles is 1. The highest BCUT2D eigenvalue weighted by atomic mass is 16.5. The molecular weight excluding hydrogens is 258 g/mol. The molecule has 0 radical (unpaired) electrons. The Morgan fingerprint density at radius 3 is 2.60 bits per heavy atom. The van der Waals surface area contributed by atoms with Gasteiger partial charge in [0.15, 0.2) is 5.82 Å². The van der Waals surface area contributed by atoms with Gasteiger partial charge in [-0.15, -0.1) is 5.10 Å². The van der Waals surface area contributed by atoms with E-state index in [9.17, 15) is 4.79 Å². The highest BCUT2D eigenvalue weighted by Crippen LogP contribution is 2.25. The third kappa shape index (κ3) is 2.14. The molecule has 1 heterocycles. The zero-order valence-electron chi connectivity index (χ0n) is 11.0. The summed E-state index contributed by atoms with van der Waals surface area (Å²) in [5.41, 5.74) is 7.31. The molecule has 0 aliphatic rings. The molecular formula is C13H13N5O2. The summed E-state index contributed by atoms with van der Waals surface area (Å²) < 4.78 is 6.11. The summed E-state index contributed by atoms with van der Waals surface area (Å²) in [6.07, 6.45) is 0. The van der Waals surface area contributed by atoms with Crippen molar-refractivity contribution in [1.82, 2.24) is 9.78 Å². The van der Waals surface area contributed by atoms with Crippen LogP contribution in [0.5, 0.6) is 0 Å². The molecule has 0 saturated carbocycles. The first kappa shape index (κ1) is 13.4. The standard InChI is InChI=1S/C13H13N5O2/c1-16-12-10(13(19)20-2)11(15)18(17-12)9-5-3-8(7-14)4-6-9/h3-6H,15H2,1-2H3,(H,16,17). The van der Waals surface area contributed by atoms with Crippen LogP contribution >= 0.6 is 0 Å². The van der Waals surface area contributed by atoms with Gasteiger partial charge in [0.1, 0.15) is 11.4 Å². The van der Waals surface area contributed by atoms with Gasteiger partial charge in [0.25, 0.3) is 0 Å². The van der Waals surface area contributed by atoms with Crippen LogP contribution in [0.3, 0.4) is 0 Å². The first-order chi connectivity index (χ1) is 9.62. The Morgan fingerprint density at radius 2 is 2.10 bits per heavy atom. The normalized spacial score (nSPS) is 9.85. The van der Waals surface area contributed by atoms with Gasteiger partial charge in [0.05, 0.1) is 24.4 Å². The number of anilines is 2. The van der Waals surface area contributed by atoms with Gasteiger partial charge in [0.2, 0.25) is 0 Å². The summed E-state index contributed by atoms with van der Waals surface area (Å²) in [6.45, 7) is 0. The molecule has 0 aliphatic heterocycles. The van der Waals surface area contributed by atoms with Crippen LogP contribution in [-0.2, 0) is 4.74 Å². The number of rotatable bonds is 3. The average Bonchev–Trinajstić information content (AvgIpc) is 2.83. The number of carbonyl (C=O) groups excluding carboxylic acids is 1. The first-order valence-corrected chi connectivity index (χ1v) is 5.77. The number of methoxy groups -OCH3 is 1. The van der Waals surface area contributed by atoms with Crippen molar-refractivity contribution in [2.75, 3.05) is 25.2 Å². The van der Waals surface area contributed by atoms with Gasteiger partial charge in [-0.25, -0.2) is 9.48 Å². The molecule has 2 aromatic rings. The molecule has 7 heteroatoms. The van der Waals surface area contributed by atoms with E-state index in [2.05, 4.69) is 15.2 Å². The Labute approximate surface area is 115 Å². The third-order valence-corrected chi connectivity index (χ3v) is 2.79. The van der Waals surface area contributed by atoms with E-state index >= 15 is 0 Å². The molecule has 0 amide bonds. The van der Waals surface area contributed by atoms with Crippen molar-refractivity contribution in [1.29, 1.82) is 5.26 Å². The largest absolute Gasteiger partial charge is 0.465 e. The number of ether oxygens (including phenoxy) is 1. The Morgan fingerprint density at radius 1 is 1.45 bits per heavy atom. The van der Waals surface area contributed by atoms with Crippen molar-refractivity contribution in [3.05, 3.63) is 35.4 Å². The van der Waals surface area contributed by atoms with E-state index in [1.807, 2.05) is 6.07 Å². The number of nitrogens with one attached hydrogen (secondary N) is 1. The van der Waals surface area contributed by atoms with Gasteiger partial charge >= 0.3 is 5.97 Å². The fraction of sp³-hybridized carbons (Fsp3) is 0.154. The zero-order valence-corrected chi connectivity index (χ0v) is 11.0. The number of nitrogens with zero attached hydrogens (tertiary/aromatic N) is 3. The molecule has 0 saturated heterocycles. The van der Waals surface area contributed by atoms with E-state index in [-0.39, 0.29) is 11.4 Å². The van der Waals surface area contributed by atoms with Crippen LogP contribution in [0.15, 0.2) is 24.3 Å².